The molecule has 3 nitrogen and oxygen atoms in total. The molecule has 0 bridgehead atoms. The van der Waals surface area contributed by atoms with Gasteiger partial charge < -0.3 is 4.68 Å². The average molecular weight is 374 g/mol. The molecule has 0 N–H and O–H groups in total. The molecule has 0 atom stereocenters. The summed E-state index contributed by atoms with van der Waals surface area (Å²) in [5.41, 5.74) is 5.16. The topological polar surface area (TPSA) is 30.7 Å². The van der Waals surface area contributed by atoms with Crippen LogP contribution in [0, 0.1) is 12.1 Å². The van der Waals surface area contributed by atoms with E-state index in [-0.39, 0.29) is 32.7 Å². The van der Waals surface area contributed by atoms with E-state index in [1.807, 2.05) is 48.5 Å². The average Bonchev–Trinajstić information content (AvgIpc) is 3.16. The van der Waals surface area contributed by atoms with Gasteiger partial charge in [0.15, 0.2) is 0 Å². The number of aryl methyl sites for hydroxylation is 1. The maximum Gasteiger partial charge on any atom is 0.0491 e. The number of rotatable bonds is 3. The van der Waals surface area contributed by atoms with Gasteiger partial charge >= 0.3 is 0 Å². The third kappa shape index (κ3) is 3.36. The quantitative estimate of drug-likeness (QED) is 0.657. The van der Waals surface area contributed by atoms with Crippen LogP contribution in [-0.2, 0) is 45.7 Å². The van der Waals surface area contributed by atoms with Crippen molar-refractivity contribution in [3.8, 4) is 11.4 Å². The van der Waals surface area contributed by atoms with Crippen molar-refractivity contribution in [1.29, 1.82) is 0 Å². The van der Waals surface area contributed by atoms with Crippen molar-refractivity contribution < 1.29 is 32.7 Å². The van der Waals surface area contributed by atoms with Gasteiger partial charge in [-0.15, -0.1) is 11.6 Å². The second-order valence-corrected chi connectivity index (χ2v) is 5.32. The minimum Gasteiger partial charge on any atom is -0.317 e. The Kier molecular flexibility index (Phi) is 5.19. The molecular weight excluding hydrogens is 359 g/mol. The third-order valence-electron chi connectivity index (χ3n) is 3.85. The molecule has 111 valence electrons. The van der Waals surface area contributed by atoms with Crippen molar-refractivity contribution in [2.75, 3.05) is 0 Å². The molecule has 0 spiro atoms. The van der Waals surface area contributed by atoms with Crippen molar-refractivity contribution in [3.63, 3.8) is 0 Å². The molecule has 3 aromatic rings. The molecule has 1 aliphatic rings. The van der Waals surface area contributed by atoms with Crippen molar-refractivity contribution in [1.82, 2.24) is 14.8 Å². The van der Waals surface area contributed by atoms with Crippen LogP contribution >= 0.6 is 0 Å². The molecule has 23 heavy (non-hydrogen) atoms. The molecule has 1 aromatic carbocycles. The Bertz CT molecular complexity index is 807. The normalized spacial score (nSPS) is 13.0. The molecule has 4 heteroatoms. The molecule has 4 rings (SSSR count). The minimum absolute atomic E-state index is 0. The van der Waals surface area contributed by atoms with Gasteiger partial charge in [-0.3, -0.25) is 4.98 Å². The van der Waals surface area contributed by atoms with Crippen molar-refractivity contribution >= 4 is 6.08 Å². The first-order valence-electron chi connectivity index (χ1n) is 7.49. The van der Waals surface area contributed by atoms with E-state index in [0.717, 1.165) is 41.9 Å². The van der Waals surface area contributed by atoms with Crippen LogP contribution in [0.1, 0.15) is 23.2 Å². The predicted molar refractivity (Wildman–Crippen MR) is 85.9 cm³/mol. The van der Waals surface area contributed by atoms with Gasteiger partial charge in [0.25, 0.3) is 0 Å². The molecule has 0 unspecified atom stereocenters. The summed E-state index contributed by atoms with van der Waals surface area (Å²) >= 11 is 0. The van der Waals surface area contributed by atoms with E-state index in [9.17, 15) is 0 Å². The largest absolute Gasteiger partial charge is 0.317 e. The van der Waals surface area contributed by atoms with E-state index in [1.54, 1.807) is 6.20 Å². The van der Waals surface area contributed by atoms with E-state index >= 15 is 0 Å². The Morgan fingerprint density at radius 1 is 1.17 bits per heavy atom. The second kappa shape index (κ2) is 7.33. The molecule has 1 aliphatic heterocycles. The Labute approximate surface area is 161 Å². The first-order valence-corrected chi connectivity index (χ1v) is 7.49. The predicted octanol–water partition coefficient (Wildman–Crippen LogP) is 3.55. The van der Waals surface area contributed by atoms with E-state index in [0.29, 0.717) is 0 Å². The fraction of sp³-hybridized carbons (Fsp3) is 0.158. The van der Waals surface area contributed by atoms with E-state index in [1.165, 1.54) is 5.69 Å². The van der Waals surface area contributed by atoms with Crippen LogP contribution in [0.4, 0.5) is 0 Å². The number of hydrogen-bond acceptors (Lipinski definition) is 2. The number of nitrogens with zero attached hydrogens (tertiary/aromatic N) is 3. The fourth-order valence-corrected chi connectivity index (χ4v) is 2.81. The maximum atomic E-state index is 4.73. The summed E-state index contributed by atoms with van der Waals surface area (Å²) in [4.78, 5) is 4.44. The molecule has 0 amide bonds. The summed E-state index contributed by atoms with van der Waals surface area (Å²) in [5, 5.41) is 4.73. The van der Waals surface area contributed by atoms with Gasteiger partial charge in [-0.05, 0) is 30.7 Å². The zero-order valence-electron chi connectivity index (χ0n) is 12.7. The zero-order chi connectivity index (χ0) is 14.8. The Morgan fingerprint density at radius 2 is 2.09 bits per heavy atom. The summed E-state index contributed by atoms with van der Waals surface area (Å²) in [6, 6.07) is 17.0. The minimum atomic E-state index is 0. The Hall–Kier alpha value is -1.58. The smallest absolute Gasteiger partial charge is 0.0491 e. The van der Waals surface area contributed by atoms with Gasteiger partial charge in [0.2, 0.25) is 0 Å². The second-order valence-electron chi connectivity index (χ2n) is 5.32. The van der Waals surface area contributed by atoms with Gasteiger partial charge in [-0.2, -0.15) is 30.3 Å². The maximum absolute atomic E-state index is 4.73. The molecule has 0 fully saturated rings. The molecule has 0 aliphatic carbocycles. The first kappa shape index (κ1) is 16.3. The van der Waals surface area contributed by atoms with Crippen molar-refractivity contribution in [3.05, 3.63) is 77.6 Å². The molecule has 0 saturated heterocycles. The number of fused-ring (bicyclic) bond motifs is 1. The standard InChI is InChI=1S/C19H15N3.Y/c1-2-7-15(8-3-1)11-12-16-18-10-6-14-22(18)21-19(16)17-9-4-5-13-20-17;/h1-5,7,9,11,13H,6,10,14H2;/q-2;. The monoisotopic (exact) mass is 374 g/mol. The molecule has 0 saturated carbocycles. The van der Waals surface area contributed by atoms with Gasteiger partial charge in [0.1, 0.15) is 0 Å². The zero-order valence-corrected chi connectivity index (χ0v) is 15.6. The van der Waals surface area contributed by atoms with Gasteiger partial charge in [-0.1, -0.05) is 6.07 Å². The number of hydrogen-bond donors (Lipinski definition) is 0. The first-order chi connectivity index (χ1) is 10.9. The molecular formula is C19H15N3Y-2. The number of pyridine rings is 1. The van der Waals surface area contributed by atoms with Crippen LogP contribution in [0.5, 0.6) is 0 Å². The van der Waals surface area contributed by atoms with Crippen LogP contribution in [0.15, 0.2) is 48.7 Å². The molecule has 3 heterocycles. The Morgan fingerprint density at radius 3 is 2.87 bits per heavy atom. The molecule has 1 radical (unpaired) electrons. The molecule has 2 aromatic heterocycles. The van der Waals surface area contributed by atoms with Gasteiger partial charge in [0.05, 0.1) is 0 Å². The van der Waals surface area contributed by atoms with Crippen LogP contribution in [0.25, 0.3) is 17.5 Å². The number of aromatic nitrogens is 3. The van der Waals surface area contributed by atoms with Gasteiger partial charge in [0, 0.05) is 56.8 Å². The van der Waals surface area contributed by atoms with Crippen molar-refractivity contribution in [2.45, 2.75) is 19.4 Å². The summed E-state index contributed by atoms with van der Waals surface area (Å²) in [6.07, 6.45) is 9.41. The van der Waals surface area contributed by atoms with Gasteiger partial charge in [-0.25, -0.2) is 16.7 Å². The van der Waals surface area contributed by atoms with E-state index < -0.39 is 0 Å². The van der Waals surface area contributed by atoms with Crippen LogP contribution in [0.2, 0.25) is 0 Å². The SMILES string of the molecule is [C-](=Cc1[c-]cccc1)c1c(-c2ccccn2)nn2c1CCC2.[Y]. The fourth-order valence-electron chi connectivity index (χ4n) is 2.81. The van der Waals surface area contributed by atoms with Crippen LogP contribution < -0.4 is 0 Å². The third-order valence-corrected chi connectivity index (χ3v) is 3.85. The van der Waals surface area contributed by atoms with E-state index in [4.69, 9.17) is 5.10 Å². The van der Waals surface area contributed by atoms with Crippen molar-refractivity contribution in [2.24, 2.45) is 0 Å². The number of benzene rings is 1. The van der Waals surface area contributed by atoms with Crippen LogP contribution in [-0.4, -0.2) is 14.8 Å². The summed E-state index contributed by atoms with van der Waals surface area (Å²) in [7, 11) is 0. The summed E-state index contributed by atoms with van der Waals surface area (Å²) in [6.45, 7) is 0.980. The summed E-state index contributed by atoms with van der Waals surface area (Å²) < 4.78 is 2.09. The Balaban J connectivity index is 0.00000156. The van der Waals surface area contributed by atoms with E-state index in [2.05, 4.69) is 21.8 Å². The summed E-state index contributed by atoms with van der Waals surface area (Å²) in [5.74, 6) is 0. The van der Waals surface area contributed by atoms with Crippen LogP contribution in [0.3, 0.4) is 0 Å².